The van der Waals surface area contributed by atoms with E-state index >= 15 is 0 Å². The first-order chi connectivity index (χ1) is 14.0. The molecule has 154 valence electrons. The molecule has 0 aromatic carbocycles. The molecule has 2 aliphatic rings. The lowest BCUT2D eigenvalue weighted by Crippen LogP contribution is -2.52. The second-order valence-corrected chi connectivity index (χ2v) is 8.39. The van der Waals surface area contributed by atoms with Gasteiger partial charge in [0.15, 0.2) is 5.69 Å². The molecule has 4 heterocycles. The van der Waals surface area contributed by atoms with Crippen LogP contribution in [0, 0.1) is 12.3 Å². The molecule has 2 aromatic rings. The SMILES string of the molecule is CCc1[nH]nc(C(=O)N2CCC3(CCC(=O)N(Cc4ccccn4)C3)CC2)c1C. The third-order valence-corrected chi connectivity index (χ3v) is 6.61. The number of hydrogen-bond donors (Lipinski definition) is 1. The first-order valence-electron chi connectivity index (χ1n) is 10.5. The number of likely N-dealkylation sites (tertiary alicyclic amines) is 2. The van der Waals surface area contributed by atoms with Crippen LogP contribution in [0.15, 0.2) is 24.4 Å². The summed E-state index contributed by atoms with van der Waals surface area (Å²) >= 11 is 0. The van der Waals surface area contributed by atoms with E-state index in [-0.39, 0.29) is 17.2 Å². The van der Waals surface area contributed by atoms with Crippen LogP contribution in [0.3, 0.4) is 0 Å². The number of carbonyl (C=O) groups is 2. The highest BCUT2D eigenvalue weighted by molar-refractivity contribution is 5.94. The molecule has 2 aromatic heterocycles. The van der Waals surface area contributed by atoms with E-state index < -0.39 is 0 Å². The van der Waals surface area contributed by atoms with Gasteiger partial charge in [-0.1, -0.05) is 13.0 Å². The molecular weight excluding hydrogens is 366 g/mol. The minimum atomic E-state index is 0.0190. The molecule has 7 nitrogen and oxygen atoms in total. The third-order valence-electron chi connectivity index (χ3n) is 6.61. The summed E-state index contributed by atoms with van der Waals surface area (Å²) in [7, 11) is 0. The molecule has 4 rings (SSSR count). The van der Waals surface area contributed by atoms with Gasteiger partial charge >= 0.3 is 0 Å². The number of aromatic amines is 1. The topological polar surface area (TPSA) is 82.2 Å². The fourth-order valence-corrected chi connectivity index (χ4v) is 4.66. The van der Waals surface area contributed by atoms with E-state index in [0.29, 0.717) is 18.7 Å². The van der Waals surface area contributed by atoms with Crippen molar-refractivity contribution in [2.24, 2.45) is 5.41 Å². The second-order valence-electron chi connectivity index (χ2n) is 8.39. The Hall–Kier alpha value is -2.70. The molecule has 0 unspecified atom stereocenters. The van der Waals surface area contributed by atoms with Crippen LogP contribution >= 0.6 is 0 Å². The highest BCUT2D eigenvalue weighted by atomic mass is 16.2. The van der Waals surface area contributed by atoms with Gasteiger partial charge in [-0.25, -0.2) is 0 Å². The fraction of sp³-hybridized carbons (Fsp3) is 0.545. The highest BCUT2D eigenvalue weighted by Crippen LogP contribution is 2.40. The van der Waals surface area contributed by atoms with E-state index in [1.165, 1.54) is 0 Å². The van der Waals surface area contributed by atoms with Crippen molar-refractivity contribution in [3.05, 3.63) is 47.0 Å². The van der Waals surface area contributed by atoms with Crippen LogP contribution in [0.25, 0.3) is 0 Å². The van der Waals surface area contributed by atoms with Gasteiger partial charge in [0.2, 0.25) is 5.91 Å². The van der Waals surface area contributed by atoms with Gasteiger partial charge in [0, 0.05) is 43.5 Å². The maximum absolute atomic E-state index is 12.9. The number of nitrogens with one attached hydrogen (secondary N) is 1. The van der Waals surface area contributed by atoms with Crippen LogP contribution < -0.4 is 0 Å². The normalized spacial score (nSPS) is 19.0. The van der Waals surface area contributed by atoms with Crippen LogP contribution in [0.2, 0.25) is 0 Å². The van der Waals surface area contributed by atoms with Crippen LogP contribution in [0.4, 0.5) is 0 Å². The Morgan fingerprint density at radius 3 is 2.69 bits per heavy atom. The number of H-pyrrole nitrogens is 1. The maximum Gasteiger partial charge on any atom is 0.274 e. The molecule has 0 bridgehead atoms. The molecule has 2 amide bonds. The number of aromatic nitrogens is 3. The number of aryl methyl sites for hydroxylation is 1. The first kappa shape index (κ1) is 19.6. The van der Waals surface area contributed by atoms with Gasteiger partial charge in [-0.15, -0.1) is 0 Å². The van der Waals surface area contributed by atoms with Crippen molar-refractivity contribution in [2.75, 3.05) is 19.6 Å². The van der Waals surface area contributed by atoms with Gasteiger partial charge in [-0.05, 0) is 50.2 Å². The van der Waals surface area contributed by atoms with Crippen molar-refractivity contribution >= 4 is 11.8 Å². The number of pyridine rings is 1. The van der Waals surface area contributed by atoms with Crippen LogP contribution in [0.1, 0.15) is 60.0 Å². The number of piperidine rings is 2. The first-order valence-corrected chi connectivity index (χ1v) is 10.5. The summed E-state index contributed by atoms with van der Waals surface area (Å²) in [5.74, 6) is 0.226. The van der Waals surface area contributed by atoms with Crippen LogP contribution in [-0.2, 0) is 17.8 Å². The number of carbonyl (C=O) groups excluding carboxylic acids is 2. The van der Waals surface area contributed by atoms with Gasteiger partial charge in [0.1, 0.15) is 0 Å². The summed E-state index contributed by atoms with van der Waals surface area (Å²) in [5, 5.41) is 7.25. The van der Waals surface area contributed by atoms with Gasteiger partial charge in [0.05, 0.1) is 12.2 Å². The van der Waals surface area contributed by atoms with Crippen molar-refractivity contribution in [1.82, 2.24) is 25.0 Å². The number of amides is 2. The lowest BCUT2D eigenvalue weighted by atomic mass is 9.72. The molecule has 2 aliphatic heterocycles. The minimum absolute atomic E-state index is 0.0190. The van der Waals surface area contributed by atoms with E-state index in [1.807, 2.05) is 34.9 Å². The molecule has 0 saturated carbocycles. The van der Waals surface area contributed by atoms with Crippen molar-refractivity contribution in [3.8, 4) is 0 Å². The molecule has 1 spiro atoms. The molecule has 29 heavy (non-hydrogen) atoms. The van der Waals surface area contributed by atoms with Gasteiger partial charge < -0.3 is 9.80 Å². The van der Waals surface area contributed by atoms with E-state index in [1.54, 1.807) is 6.20 Å². The maximum atomic E-state index is 12.9. The Morgan fingerprint density at radius 2 is 2.03 bits per heavy atom. The summed E-state index contributed by atoms with van der Waals surface area (Å²) in [6.07, 6.45) is 5.96. The van der Waals surface area contributed by atoms with E-state index in [9.17, 15) is 9.59 Å². The van der Waals surface area contributed by atoms with Crippen molar-refractivity contribution in [1.29, 1.82) is 0 Å². The summed E-state index contributed by atoms with van der Waals surface area (Å²) < 4.78 is 0. The van der Waals surface area contributed by atoms with Gasteiger partial charge in [0.25, 0.3) is 5.91 Å². The second kappa shape index (κ2) is 7.97. The molecule has 1 N–H and O–H groups in total. The molecule has 7 heteroatoms. The zero-order valence-corrected chi connectivity index (χ0v) is 17.3. The van der Waals surface area contributed by atoms with Crippen molar-refractivity contribution in [3.63, 3.8) is 0 Å². The number of nitrogens with zero attached hydrogens (tertiary/aromatic N) is 4. The predicted molar refractivity (Wildman–Crippen MR) is 109 cm³/mol. The highest BCUT2D eigenvalue weighted by Gasteiger charge is 2.42. The van der Waals surface area contributed by atoms with Crippen molar-refractivity contribution < 1.29 is 9.59 Å². The average Bonchev–Trinajstić information content (AvgIpc) is 3.12. The number of hydrogen-bond acceptors (Lipinski definition) is 4. The molecule has 0 radical (unpaired) electrons. The molecule has 0 aliphatic carbocycles. The molecular formula is C22H29N5O2. The van der Waals surface area contributed by atoms with E-state index in [2.05, 4.69) is 22.1 Å². The molecule has 2 saturated heterocycles. The predicted octanol–water partition coefficient (Wildman–Crippen LogP) is 2.72. The monoisotopic (exact) mass is 395 g/mol. The Labute approximate surface area is 171 Å². The van der Waals surface area contributed by atoms with Crippen LogP contribution in [-0.4, -0.2) is 56.4 Å². The van der Waals surface area contributed by atoms with Gasteiger partial charge in [-0.2, -0.15) is 5.10 Å². The third kappa shape index (κ3) is 3.91. The summed E-state index contributed by atoms with van der Waals surface area (Å²) in [6.45, 7) is 6.78. The van der Waals surface area contributed by atoms with Crippen molar-refractivity contribution in [2.45, 2.75) is 52.5 Å². The summed E-state index contributed by atoms with van der Waals surface area (Å²) in [5.41, 5.74) is 3.56. The fourth-order valence-electron chi connectivity index (χ4n) is 4.66. The zero-order chi connectivity index (χ0) is 20.4. The zero-order valence-electron chi connectivity index (χ0n) is 17.3. The number of rotatable bonds is 4. The largest absolute Gasteiger partial charge is 0.337 e. The Morgan fingerprint density at radius 1 is 1.24 bits per heavy atom. The summed E-state index contributed by atoms with van der Waals surface area (Å²) in [4.78, 5) is 33.7. The Kier molecular flexibility index (Phi) is 5.39. The Balaban J connectivity index is 1.40. The Bertz CT molecular complexity index is 884. The minimum Gasteiger partial charge on any atom is -0.337 e. The lowest BCUT2D eigenvalue weighted by molar-refractivity contribution is -0.139. The molecule has 0 atom stereocenters. The smallest absolute Gasteiger partial charge is 0.274 e. The quantitative estimate of drug-likeness (QED) is 0.863. The van der Waals surface area contributed by atoms with Crippen LogP contribution in [0.5, 0.6) is 0 Å². The standard InChI is InChI=1S/C22H29N5O2/c1-3-18-16(2)20(25-24-18)21(29)26-12-9-22(10-13-26)8-7-19(28)27(15-22)14-17-6-4-5-11-23-17/h4-6,11H,3,7-10,12-15H2,1-2H3,(H,24,25). The van der Waals surface area contributed by atoms with E-state index in [4.69, 9.17) is 0 Å². The summed E-state index contributed by atoms with van der Waals surface area (Å²) in [6, 6.07) is 5.81. The average molecular weight is 396 g/mol. The van der Waals surface area contributed by atoms with Gasteiger partial charge in [-0.3, -0.25) is 19.7 Å². The molecule has 2 fully saturated rings. The van der Waals surface area contributed by atoms with E-state index in [0.717, 1.165) is 62.3 Å². The lowest BCUT2D eigenvalue weighted by Gasteiger charge is -2.47.